The minimum Gasteiger partial charge on any atom is -0.387 e. The lowest BCUT2D eigenvalue weighted by Gasteiger charge is -2.00. The molecule has 2 heteroatoms. The number of rotatable bonds is 2. The first-order chi connectivity index (χ1) is 4.61. The zero-order valence-corrected chi connectivity index (χ0v) is 6.96. The second-order valence-electron chi connectivity index (χ2n) is 3.47. The highest BCUT2D eigenvalue weighted by Crippen LogP contribution is 2.37. The third-order valence-corrected chi connectivity index (χ3v) is 1.90. The largest absolute Gasteiger partial charge is 0.387 e. The molecule has 0 aromatic heterocycles. The van der Waals surface area contributed by atoms with Crippen LogP contribution in [-0.2, 0) is 0 Å². The normalized spacial score (nSPS) is 33.0. The fourth-order valence-electron chi connectivity index (χ4n) is 1.13. The second kappa shape index (κ2) is 2.60. The van der Waals surface area contributed by atoms with Crippen molar-refractivity contribution in [1.82, 2.24) is 0 Å². The summed E-state index contributed by atoms with van der Waals surface area (Å²) < 4.78 is 0. The summed E-state index contributed by atoms with van der Waals surface area (Å²) in [5.41, 5.74) is 5.72. The van der Waals surface area contributed by atoms with Crippen molar-refractivity contribution in [1.29, 1.82) is 0 Å². The molecule has 1 fully saturated rings. The molecule has 10 heavy (non-hydrogen) atoms. The average Bonchev–Trinajstić information content (AvgIpc) is 2.44. The van der Waals surface area contributed by atoms with Crippen LogP contribution in [-0.4, -0.2) is 11.9 Å². The van der Waals surface area contributed by atoms with Crippen LogP contribution < -0.4 is 5.73 Å². The SMILES string of the molecule is CC(C)N=C(N)C1CC1C. The van der Waals surface area contributed by atoms with E-state index in [4.69, 9.17) is 5.73 Å². The van der Waals surface area contributed by atoms with E-state index in [-0.39, 0.29) is 0 Å². The number of amidine groups is 1. The highest BCUT2D eigenvalue weighted by Gasteiger charge is 2.35. The maximum atomic E-state index is 5.72. The van der Waals surface area contributed by atoms with Crippen LogP contribution >= 0.6 is 0 Å². The van der Waals surface area contributed by atoms with Crippen LogP contribution in [0, 0.1) is 11.8 Å². The van der Waals surface area contributed by atoms with Gasteiger partial charge in [0.2, 0.25) is 0 Å². The molecule has 2 nitrogen and oxygen atoms in total. The molecule has 0 aromatic rings. The number of nitrogens with zero attached hydrogens (tertiary/aromatic N) is 1. The number of aliphatic imine (C=N–C) groups is 1. The molecule has 1 saturated carbocycles. The second-order valence-corrected chi connectivity index (χ2v) is 3.47. The number of hydrogen-bond donors (Lipinski definition) is 1. The lowest BCUT2D eigenvalue weighted by molar-refractivity contribution is 0.814. The molecule has 0 saturated heterocycles. The molecule has 0 bridgehead atoms. The molecule has 0 spiro atoms. The van der Waals surface area contributed by atoms with Crippen molar-refractivity contribution in [2.24, 2.45) is 22.6 Å². The standard InChI is InChI=1S/C8H16N2/c1-5(2)10-8(9)7-4-6(7)3/h5-7H,4H2,1-3H3,(H2,9,10). The van der Waals surface area contributed by atoms with E-state index in [0.29, 0.717) is 12.0 Å². The van der Waals surface area contributed by atoms with Crippen LogP contribution in [0.3, 0.4) is 0 Å². The predicted octanol–water partition coefficient (Wildman–Crippen LogP) is 1.41. The molecule has 0 aromatic carbocycles. The summed E-state index contributed by atoms with van der Waals surface area (Å²) in [4.78, 5) is 4.28. The van der Waals surface area contributed by atoms with Gasteiger partial charge in [-0.25, -0.2) is 0 Å². The summed E-state index contributed by atoms with van der Waals surface area (Å²) in [7, 11) is 0. The van der Waals surface area contributed by atoms with Gasteiger partial charge in [-0.15, -0.1) is 0 Å². The lowest BCUT2D eigenvalue weighted by atomic mass is 10.3. The van der Waals surface area contributed by atoms with E-state index in [9.17, 15) is 0 Å². The summed E-state index contributed by atoms with van der Waals surface area (Å²) in [6.45, 7) is 6.33. The smallest absolute Gasteiger partial charge is 0.0974 e. The quantitative estimate of drug-likeness (QED) is 0.457. The zero-order chi connectivity index (χ0) is 7.72. The Balaban J connectivity index is 2.41. The maximum Gasteiger partial charge on any atom is 0.0974 e. The van der Waals surface area contributed by atoms with Gasteiger partial charge in [0.05, 0.1) is 5.84 Å². The first-order valence-corrected chi connectivity index (χ1v) is 3.94. The van der Waals surface area contributed by atoms with Gasteiger partial charge in [-0.3, -0.25) is 4.99 Å². The molecule has 0 aliphatic heterocycles. The molecule has 0 heterocycles. The summed E-state index contributed by atoms with van der Waals surface area (Å²) in [5, 5.41) is 0. The molecule has 1 aliphatic carbocycles. The van der Waals surface area contributed by atoms with Crippen LogP contribution in [0.25, 0.3) is 0 Å². The number of hydrogen-bond acceptors (Lipinski definition) is 1. The fraction of sp³-hybridized carbons (Fsp3) is 0.875. The predicted molar refractivity (Wildman–Crippen MR) is 44.0 cm³/mol. The van der Waals surface area contributed by atoms with Crippen molar-refractivity contribution < 1.29 is 0 Å². The Morgan fingerprint density at radius 3 is 2.40 bits per heavy atom. The summed E-state index contributed by atoms with van der Waals surface area (Å²) in [6, 6.07) is 0.354. The molecule has 2 atom stereocenters. The van der Waals surface area contributed by atoms with Crippen molar-refractivity contribution in [2.75, 3.05) is 0 Å². The van der Waals surface area contributed by atoms with Crippen molar-refractivity contribution in [3.63, 3.8) is 0 Å². The minimum atomic E-state index is 0.354. The van der Waals surface area contributed by atoms with Crippen molar-refractivity contribution in [2.45, 2.75) is 33.2 Å². The maximum absolute atomic E-state index is 5.72. The molecule has 58 valence electrons. The first kappa shape index (κ1) is 7.58. The van der Waals surface area contributed by atoms with E-state index in [0.717, 1.165) is 11.8 Å². The van der Waals surface area contributed by atoms with E-state index in [2.05, 4.69) is 25.8 Å². The Morgan fingerprint density at radius 1 is 1.60 bits per heavy atom. The first-order valence-electron chi connectivity index (χ1n) is 3.94. The molecule has 0 amide bonds. The summed E-state index contributed by atoms with van der Waals surface area (Å²) >= 11 is 0. The molecule has 1 aliphatic rings. The Hall–Kier alpha value is -0.530. The third kappa shape index (κ3) is 1.72. The molecule has 2 unspecified atom stereocenters. The van der Waals surface area contributed by atoms with Crippen molar-refractivity contribution in [3.05, 3.63) is 0 Å². The summed E-state index contributed by atoms with van der Waals surface area (Å²) in [6.07, 6.45) is 1.24. The van der Waals surface area contributed by atoms with Gasteiger partial charge < -0.3 is 5.73 Å². The molecule has 2 N–H and O–H groups in total. The van der Waals surface area contributed by atoms with Gasteiger partial charge in [-0.1, -0.05) is 6.92 Å². The topological polar surface area (TPSA) is 38.4 Å². The molecule has 1 rings (SSSR count). The van der Waals surface area contributed by atoms with E-state index in [1.165, 1.54) is 6.42 Å². The Labute approximate surface area is 62.5 Å². The molecule has 0 radical (unpaired) electrons. The van der Waals surface area contributed by atoms with Gasteiger partial charge in [0.15, 0.2) is 0 Å². The Morgan fingerprint density at radius 2 is 2.10 bits per heavy atom. The van der Waals surface area contributed by atoms with Gasteiger partial charge in [0.25, 0.3) is 0 Å². The van der Waals surface area contributed by atoms with E-state index in [1.807, 2.05) is 0 Å². The highest BCUT2D eigenvalue weighted by molar-refractivity contribution is 5.85. The average molecular weight is 140 g/mol. The van der Waals surface area contributed by atoms with Gasteiger partial charge >= 0.3 is 0 Å². The van der Waals surface area contributed by atoms with Crippen LogP contribution in [0.2, 0.25) is 0 Å². The monoisotopic (exact) mass is 140 g/mol. The van der Waals surface area contributed by atoms with Crippen LogP contribution in [0.4, 0.5) is 0 Å². The van der Waals surface area contributed by atoms with Gasteiger partial charge in [-0.2, -0.15) is 0 Å². The van der Waals surface area contributed by atoms with Crippen LogP contribution in [0.5, 0.6) is 0 Å². The number of nitrogens with two attached hydrogens (primary N) is 1. The third-order valence-electron chi connectivity index (χ3n) is 1.90. The van der Waals surface area contributed by atoms with Crippen LogP contribution in [0.15, 0.2) is 4.99 Å². The minimum absolute atomic E-state index is 0.354. The van der Waals surface area contributed by atoms with Gasteiger partial charge in [0, 0.05) is 12.0 Å². The van der Waals surface area contributed by atoms with Crippen molar-refractivity contribution >= 4 is 5.84 Å². The Kier molecular flexibility index (Phi) is 1.97. The zero-order valence-electron chi connectivity index (χ0n) is 6.96. The van der Waals surface area contributed by atoms with Gasteiger partial charge in [0.1, 0.15) is 0 Å². The lowest BCUT2D eigenvalue weighted by Crippen LogP contribution is -2.17. The van der Waals surface area contributed by atoms with E-state index in [1.54, 1.807) is 0 Å². The van der Waals surface area contributed by atoms with Crippen LogP contribution in [0.1, 0.15) is 27.2 Å². The molecular formula is C8H16N2. The summed E-state index contributed by atoms with van der Waals surface area (Å²) in [5.74, 6) is 2.24. The van der Waals surface area contributed by atoms with E-state index >= 15 is 0 Å². The fourth-order valence-corrected chi connectivity index (χ4v) is 1.13. The van der Waals surface area contributed by atoms with Gasteiger partial charge in [-0.05, 0) is 26.2 Å². The highest BCUT2D eigenvalue weighted by atomic mass is 14.9. The van der Waals surface area contributed by atoms with E-state index < -0.39 is 0 Å². The Bertz CT molecular complexity index is 149. The van der Waals surface area contributed by atoms with Crippen molar-refractivity contribution in [3.8, 4) is 0 Å². The molecular weight excluding hydrogens is 124 g/mol.